The Morgan fingerprint density at radius 2 is 1.20 bits per heavy atom. The van der Waals surface area contributed by atoms with Gasteiger partial charge in [0.05, 0.1) is 6.21 Å². The van der Waals surface area contributed by atoms with Crippen LogP contribution < -0.4 is 0 Å². The fraction of sp³-hybridized carbons (Fsp3) is 0.769. The lowest BCUT2D eigenvalue weighted by Crippen LogP contribution is -2.35. The summed E-state index contributed by atoms with van der Waals surface area (Å²) in [6.45, 7) is 0. The van der Waals surface area contributed by atoms with Gasteiger partial charge >= 0.3 is 0 Å². The Bertz CT molecular complexity index is 318. The number of guanidine groups is 1. The summed E-state index contributed by atoms with van der Waals surface area (Å²) in [4.78, 5) is 13.8. The number of hydrogen-bond acceptors (Lipinski definition) is 4. The Hall–Kier alpha value is -1.79. The van der Waals surface area contributed by atoms with Crippen LogP contribution in [0.2, 0.25) is 0 Å². The molecule has 7 heteroatoms. The zero-order chi connectivity index (χ0) is 16.3. The molecule has 0 aliphatic carbocycles. The molecule has 0 saturated heterocycles. The average Bonchev–Trinajstić information content (AvgIpc) is 2.28. The highest BCUT2D eigenvalue weighted by molar-refractivity contribution is 6.29. The van der Waals surface area contributed by atoms with E-state index in [1.54, 1.807) is 25.3 Å². The van der Waals surface area contributed by atoms with Crippen molar-refractivity contribution in [2.24, 2.45) is 15.1 Å². The number of hydrazone groups is 1. The largest absolute Gasteiger partial charge is 0.360 e. The smallest absolute Gasteiger partial charge is 0.195 e. The highest BCUT2D eigenvalue weighted by Gasteiger charge is 2.00. The molecule has 20 heavy (non-hydrogen) atoms. The van der Waals surface area contributed by atoms with E-state index in [-0.39, 0.29) is 0 Å². The van der Waals surface area contributed by atoms with Gasteiger partial charge in [-0.3, -0.25) is 9.98 Å². The first-order valence-electron chi connectivity index (χ1n) is 6.34. The Labute approximate surface area is 124 Å². The Morgan fingerprint density at radius 3 is 1.35 bits per heavy atom. The first-order valence-corrected chi connectivity index (χ1v) is 6.34. The zero-order valence-electron chi connectivity index (χ0n) is 14.7. The quantitative estimate of drug-likeness (QED) is 0.414. The molecular formula is C13H31N7. The predicted molar refractivity (Wildman–Crippen MR) is 90.0 cm³/mol. The molecule has 0 heterocycles. The van der Waals surface area contributed by atoms with Crippen molar-refractivity contribution < 1.29 is 0 Å². The van der Waals surface area contributed by atoms with Crippen molar-refractivity contribution in [1.82, 2.24) is 19.7 Å². The molecule has 0 aromatic rings. The minimum Gasteiger partial charge on any atom is -0.360 e. The van der Waals surface area contributed by atoms with Crippen LogP contribution in [0.25, 0.3) is 0 Å². The van der Waals surface area contributed by atoms with E-state index < -0.39 is 0 Å². The lowest BCUT2D eigenvalue weighted by atomic mass is 10.6. The maximum absolute atomic E-state index is 4.19. The van der Waals surface area contributed by atoms with Gasteiger partial charge < -0.3 is 19.7 Å². The Kier molecular flexibility index (Phi) is 11.4. The minimum absolute atomic E-state index is 0.845. The first kappa shape index (κ1) is 20.5. The monoisotopic (exact) mass is 285 g/mol. The summed E-state index contributed by atoms with van der Waals surface area (Å²) in [5, 5.41) is 5.94. The molecule has 0 N–H and O–H groups in total. The molecule has 0 aromatic heterocycles. The molecule has 0 saturated carbocycles. The van der Waals surface area contributed by atoms with Crippen molar-refractivity contribution >= 4 is 18.0 Å². The van der Waals surface area contributed by atoms with Crippen molar-refractivity contribution in [3.8, 4) is 0 Å². The molecular weight excluding hydrogens is 254 g/mol. The van der Waals surface area contributed by atoms with E-state index in [9.17, 15) is 0 Å². The lowest BCUT2D eigenvalue weighted by Gasteiger charge is -2.21. The van der Waals surface area contributed by atoms with Gasteiger partial charge in [-0.2, -0.15) is 5.10 Å². The molecule has 0 aromatic carbocycles. The van der Waals surface area contributed by atoms with Crippen molar-refractivity contribution in [3.63, 3.8) is 0 Å². The number of aliphatic imine (C=N–C) groups is 2. The van der Waals surface area contributed by atoms with Gasteiger partial charge in [0.25, 0.3) is 0 Å². The fourth-order valence-corrected chi connectivity index (χ4v) is 1.35. The molecule has 0 atom stereocenters. The summed E-state index contributed by atoms with van der Waals surface area (Å²) >= 11 is 0. The van der Waals surface area contributed by atoms with Crippen molar-refractivity contribution in [3.05, 3.63) is 0 Å². The van der Waals surface area contributed by atoms with Crippen molar-refractivity contribution in [2.45, 2.75) is 0 Å². The van der Waals surface area contributed by atoms with Crippen LogP contribution in [-0.4, -0.2) is 108 Å². The summed E-state index contributed by atoms with van der Waals surface area (Å²) in [6.07, 6.45) is 1.72. The summed E-state index contributed by atoms with van der Waals surface area (Å²) in [5.41, 5.74) is 0. The molecule has 0 bridgehead atoms. The van der Waals surface area contributed by atoms with Gasteiger partial charge in [0, 0.05) is 70.5 Å². The lowest BCUT2D eigenvalue weighted by molar-refractivity contribution is 0.427. The topological polar surface area (TPSA) is 50.0 Å². The maximum Gasteiger partial charge on any atom is 0.195 e. The van der Waals surface area contributed by atoms with E-state index in [0.29, 0.717) is 0 Å². The number of rotatable bonds is 2. The van der Waals surface area contributed by atoms with Crippen LogP contribution in [-0.2, 0) is 0 Å². The molecule has 0 radical (unpaired) electrons. The van der Waals surface area contributed by atoms with Gasteiger partial charge in [0.15, 0.2) is 11.8 Å². The summed E-state index contributed by atoms with van der Waals surface area (Å²) in [7, 11) is 19.0. The maximum atomic E-state index is 4.19. The molecule has 0 fully saturated rings. The van der Waals surface area contributed by atoms with Crippen LogP contribution in [0.15, 0.2) is 15.1 Å². The van der Waals surface area contributed by atoms with E-state index in [1.165, 1.54) is 0 Å². The third-order valence-electron chi connectivity index (χ3n) is 2.01. The second kappa shape index (κ2) is 11.1. The van der Waals surface area contributed by atoms with E-state index >= 15 is 0 Å². The van der Waals surface area contributed by atoms with Crippen LogP contribution in [0.4, 0.5) is 0 Å². The minimum atomic E-state index is 0.845. The third-order valence-corrected chi connectivity index (χ3v) is 2.01. The summed E-state index contributed by atoms with van der Waals surface area (Å²) in [5.74, 6) is 1.83. The van der Waals surface area contributed by atoms with E-state index in [2.05, 4.69) is 15.1 Å². The zero-order valence-corrected chi connectivity index (χ0v) is 14.7. The SMILES string of the molecule is CN=C(N(C)C)N(C)C.CN=C/C(=N\N(C)C)N(C)C. The van der Waals surface area contributed by atoms with E-state index in [1.807, 2.05) is 71.1 Å². The van der Waals surface area contributed by atoms with Gasteiger partial charge in [0.1, 0.15) is 0 Å². The highest BCUT2D eigenvalue weighted by atomic mass is 15.4. The van der Waals surface area contributed by atoms with Crippen molar-refractivity contribution in [1.29, 1.82) is 0 Å². The highest BCUT2D eigenvalue weighted by Crippen LogP contribution is 1.85. The molecule has 0 spiro atoms. The van der Waals surface area contributed by atoms with E-state index in [0.717, 1.165) is 11.8 Å². The third kappa shape index (κ3) is 10.2. The number of nitrogens with zero attached hydrogens (tertiary/aromatic N) is 7. The van der Waals surface area contributed by atoms with Crippen LogP contribution in [0, 0.1) is 0 Å². The molecule has 118 valence electrons. The molecule has 0 rings (SSSR count). The first-order chi connectivity index (χ1) is 9.17. The molecule has 0 amide bonds. The number of amidine groups is 1. The fourth-order valence-electron chi connectivity index (χ4n) is 1.35. The van der Waals surface area contributed by atoms with Gasteiger partial charge in [-0.15, -0.1) is 0 Å². The molecule has 0 aliphatic heterocycles. The standard InChI is InChI=1S/C7H16N4.C6H15N3/c1-8-6-7(10(2)3)9-11(4)5;1-7-6(8(2)3)9(4)5/h6H,1-5H3;1-5H3/b8-6?,9-7+;. The van der Waals surface area contributed by atoms with Gasteiger partial charge in [0.2, 0.25) is 0 Å². The van der Waals surface area contributed by atoms with Gasteiger partial charge in [-0.1, -0.05) is 0 Å². The van der Waals surface area contributed by atoms with Gasteiger partial charge in [-0.25, -0.2) is 0 Å². The van der Waals surface area contributed by atoms with Crippen LogP contribution >= 0.6 is 0 Å². The summed E-state index contributed by atoms with van der Waals surface area (Å²) in [6, 6.07) is 0. The van der Waals surface area contributed by atoms with Crippen LogP contribution in [0.1, 0.15) is 0 Å². The predicted octanol–water partition coefficient (Wildman–Crippen LogP) is 0.219. The van der Waals surface area contributed by atoms with E-state index in [4.69, 9.17) is 0 Å². The van der Waals surface area contributed by atoms with Gasteiger partial charge in [-0.05, 0) is 0 Å². The molecule has 0 unspecified atom stereocenters. The average molecular weight is 285 g/mol. The Balaban J connectivity index is 0. The number of hydrogen-bond donors (Lipinski definition) is 0. The summed E-state index contributed by atoms with van der Waals surface area (Å²) < 4.78 is 0. The molecule has 7 nitrogen and oxygen atoms in total. The second-order valence-corrected chi connectivity index (χ2v) is 4.90. The van der Waals surface area contributed by atoms with Crippen LogP contribution in [0.3, 0.4) is 0 Å². The second-order valence-electron chi connectivity index (χ2n) is 4.90. The van der Waals surface area contributed by atoms with Crippen molar-refractivity contribution in [2.75, 3.05) is 70.5 Å². The van der Waals surface area contributed by atoms with Crippen LogP contribution in [0.5, 0.6) is 0 Å². The normalized spacial score (nSPS) is 10.6. The Morgan fingerprint density at radius 1 is 0.750 bits per heavy atom. The molecule has 0 aliphatic rings.